The van der Waals surface area contributed by atoms with Crippen LogP contribution in [0.2, 0.25) is 5.15 Å². The Morgan fingerprint density at radius 1 is 1.37 bits per heavy atom. The van der Waals surface area contributed by atoms with E-state index in [1.54, 1.807) is 6.20 Å². The maximum atomic E-state index is 11.9. The fourth-order valence-electron chi connectivity index (χ4n) is 2.55. The summed E-state index contributed by atoms with van der Waals surface area (Å²) in [5.41, 5.74) is -0.862. The Hall–Kier alpha value is -1.89. The van der Waals surface area contributed by atoms with Crippen molar-refractivity contribution in [2.24, 2.45) is 0 Å². The number of piperidine rings is 1. The maximum absolute atomic E-state index is 11.9. The Morgan fingerprint density at radius 2 is 2.21 bits per heavy atom. The molecule has 2 aliphatic heterocycles. The first-order valence-corrected chi connectivity index (χ1v) is 6.33. The number of nitrogens with zero attached hydrogens (tertiary/aromatic N) is 3. The average Bonchev–Trinajstić information content (AvgIpc) is 2.64. The highest BCUT2D eigenvalue weighted by molar-refractivity contribution is 6.29. The van der Waals surface area contributed by atoms with Crippen molar-refractivity contribution < 1.29 is 9.59 Å². The average molecular weight is 282 g/mol. The fraction of sp³-hybridized carbons (Fsp3) is 0.455. The number of halogens is 1. The molecule has 7 nitrogen and oxygen atoms in total. The molecule has 19 heavy (non-hydrogen) atoms. The van der Waals surface area contributed by atoms with Gasteiger partial charge in [-0.25, -0.2) is 9.78 Å². The van der Waals surface area contributed by atoms with Crippen LogP contribution in [0.1, 0.15) is 12.8 Å². The van der Waals surface area contributed by atoms with Gasteiger partial charge < -0.3 is 10.2 Å². The molecule has 1 aromatic heterocycles. The highest BCUT2D eigenvalue weighted by Crippen LogP contribution is 2.27. The van der Waals surface area contributed by atoms with Crippen LogP contribution in [0.15, 0.2) is 12.4 Å². The van der Waals surface area contributed by atoms with Crippen molar-refractivity contribution in [3.05, 3.63) is 17.5 Å². The number of aromatic nitrogens is 2. The van der Waals surface area contributed by atoms with E-state index in [4.69, 9.17) is 11.6 Å². The number of imide groups is 1. The largest absolute Gasteiger partial charge is 0.352 e. The fourth-order valence-corrected chi connectivity index (χ4v) is 2.69. The highest BCUT2D eigenvalue weighted by Gasteiger charge is 2.48. The molecule has 2 saturated heterocycles. The molecule has 0 bridgehead atoms. The molecular weight excluding hydrogens is 270 g/mol. The summed E-state index contributed by atoms with van der Waals surface area (Å²) in [5, 5.41) is 5.30. The summed E-state index contributed by atoms with van der Waals surface area (Å²) < 4.78 is 0. The zero-order chi connectivity index (χ0) is 13.5. The predicted octanol–water partition coefficient (Wildman–Crippen LogP) is 0.308. The number of nitrogens with one attached hydrogen (secondary N) is 2. The first-order valence-electron chi connectivity index (χ1n) is 5.95. The minimum Gasteiger partial charge on any atom is -0.352 e. The van der Waals surface area contributed by atoms with Crippen LogP contribution in [-0.2, 0) is 4.79 Å². The molecule has 3 amide bonds. The lowest BCUT2D eigenvalue weighted by atomic mass is 9.89. The zero-order valence-corrected chi connectivity index (χ0v) is 10.8. The van der Waals surface area contributed by atoms with Crippen LogP contribution in [0.5, 0.6) is 0 Å². The van der Waals surface area contributed by atoms with E-state index in [0.717, 1.165) is 13.0 Å². The Balaban J connectivity index is 1.86. The van der Waals surface area contributed by atoms with Crippen LogP contribution < -0.4 is 15.5 Å². The number of hydrogen-bond acceptors (Lipinski definition) is 5. The minimum atomic E-state index is -0.862. The monoisotopic (exact) mass is 281 g/mol. The number of urea groups is 1. The quantitative estimate of drug-likeness (QED) is 0.724. The lowest BCUT2D eigenvalue weighted by molar-refractivity contribution is -0.124. The van der Waals surface area contributed by atoms with Gasteiger partial charge in [0.15, 0.2) is 0 Å². The van der Waals surface area contributed by atoms with Gasteiger partial charge in [-0.2, -0.15) is 0 Å². The molecule has 1 unspecified atom stereocenters. The maximum Gasteiger partial charge on any atom is 0.322 e. The molecule has 3 rings (SSSR count). The second-order valence-corrected chi connectivity index (χ2v) is 5.10. The number of rotatable bonds is 1. The third-order valence-electron chi connectivity index (χ3n) is 3.42. The predicted molar refractivity (Wildman–Crippen MR) is 67.9 cm³/mol. The Kier molecular flexibility index (Phi) is 2.78. The second-order valence-electron chi connectivity index (χ2n) is 4.72. The topological polar surface area (TPSA) is 87.2 Å². The van der Waals surface area contributed by atoms with Gasteiger partial charge in [-0.15, -0.1) is 0 Å². The Labute approximate surface area is 114 Å². The van der Waals surface area contributed by atoms with Gasteiger partial charge in [-0.1, -0.05) is 11.6 Å². The van der Waals surface area contributed by atoms with Crippen molar-refractivity contribution in [1.82, 2.24) is 20.6 Å². The van der Waals surface area contributed by atoms with Crippen molar-refractivity contribution in [2.75, 3.05) is 18.0 Å². The summed E-state index contributed by atoms with van der Waals surface area (Å²) in [5.74, 6) is 0.331. The lowest BCUT2D eigenvalue weighted by Gasteiger charge is -2.38. The summed E-state index contributed by atoms with van der Waals surface area (Å²) in [6.45, 7) is 1.12. The van der Waals surface area contributed by atoms with Crippen LogP contribution in [-0.4, -0.2) is 40.5 Å². The first kappa shape index (κ1) is 12.2. The van der Waals surface area contributed by atoms with E-state index in [1.165, 1.54) is 6.20 Å². The van der Waals surface area contributed by atoms with Crippen LogP contribution in [0.25, 0.3) is 0 Å². The molecule has 3 heterocycles. The van der Waals surface area contributed by atoms with Gasteiger partial charge in [0, 0.05) is 6.54 Å². The van der Waals surface area contributed by atoms with E-state index in [0.29, 0.717) is 23.9 Å². The number of anilines is 1. The third kappa shape index (κ3) is 2.10. The van der Waals surface area contributed by atoms with E-state index in [1.807, 2.05) is 4.90 Å². The summed E-state index contributed by atoms with van der Waals surface area (Å²) in [7, 11) is 0. The highest BCUT2D eigenvalue weighted by atomic mass is 35.5. The summed E-state index contributed by atoms with van der Waals surface area (Å²) in [4.78, 5) is 33.3. The van der Waals surface area contributed by atoms with Crippen molar-refractivity contribution in [3.63, 3.8) is 0 Å². The van der Waals surface area contributed by atoms with Gasteiger partial charge in [-0.05, 0) is 12.8 Å². The molecule has 2 aliphatic rings. The van der Waals surface area contributed by atoms with Crippen LogP contribution in [0.3, 0.4) is 0 Å². The molecule has 100 valence electrons. The molecule has 0 aromatic carbocycles. The Morgan fingerprint density at radius 3 is 2.89 bits per heavy atom. The van der Waals surface area contributed by atoms with Crippen molar-refractivity contribution in [1.29, 1.82) is 0 Å². The molecule has 0 aliphatic carbocycles. The molecule has 1 spiro atoms. The number of amides is 3. The molecule has 8 heteroatoms. The standard InChI is InChI=1S/C11H12ClN5O2/c12-7-4-13-5-8(14-7)17-3-1-2-11(6-17)9(18)15-10(19)16-11/h4-5H,1-3,6H2,(H2,15,16,18,19). The van der Waals surface area contributed by atoms with Gasteiger partial charge in [0.05, 0.1) is 18.9 Å². The molecule has 0 radical (unpaired) electrons. The van der Waals surface area contributed by atoms with E-state index in [2.05, 4.69) is 20.6 Å². The SMILES string of the molecule is O=C1NC(=O)C2(CCCN(c3cncc(Cl)n3)C2)N1. The van der Waals surface area contributed by atoms with Crippen LogP contribution in [0, 0.1) is 0 Å². The van der Waals surface area contributed by atoms with Crippen molar-refractivity contribution in [2.45, 2.75) is 18.4 Å². The molecule has 0 saturated carbocycles. The van der Waals surface area contributed by atoms with Gasteiger partial charge in [0.25, 0.3) is 5.91 Å². The smallest absolute Gasteiger partial charge is 0.322 e. The van der Waals surface area contributed by atoms with Gasteiger partial charge in [0.1, 0.15) is 16.5 Å². The van der Waals surface area contributed by atoms with Gasteiger partial charge in [0.2, 0.25) is 0 Å². The van der Waals surface area contributed by atoms with Gasteiger partial charge in [-0.3, -0.25) is 15.1 Å². The number of carbonyl (C=O) groups excluding carboxylic acids is 2. The third-order valence-corrected chi connectivity index (χ3v) is 3.61. The molecule has 1 aromatic rings. The number of hydrogen-bond donors (Lipinski definition) is 2. The minimum absolute atomic E-state index is 0.280. The summed E-state index contributed by atoms with van der Waals surface area (Å²) in [6.07, 6.45) is 4.45. The zero-order valence-electron chi connectivity index (χ0n) is 10.0. The molecule has 2 N–H and O–H groups in total. The van der Waals surface area contributed by atoms with Crippen LogP contribution >= 0.6 is 11.6 Å². The second kappa shape index (κ2) is 4.34. The van der Waals surface area contributed by atoms with E-state index in [-0.39, 0.29) is 5.91 Å². The van der Waals surface area contributed by atoms with Crippen molar-refractivity contribution in [3.8, 4) is 0 Å². The first-order chi connectivity index (χ1) is 9.09. The summed E-state index contributed by atoms with van der Waals surface area (Å²) >= 11 is 5.82. The molecule has 2 fully saturated rings. The molecular formula is C11H12ClN5O2. The van der Waals surface area contributed by atoms with Gasteiger partial charge >= 0.3 is 6.03 Å². The number of carbonyl (C=O) groups is 2. The summed E-state index contributed by atoms with van der Waals surface area (Å²) in [6, 6.07) is -0.441. The Bertz CT molecular complexity index is 552. The van der Waals surface area contributed by atoms with E-state index in [9.17, 15) is 9.59 Å². The van der Waals surface area contributed by atoms with Crippen molar-refractivity contribution >= 4 is 29.4 Å². The van der Waals surface area contributed by atoms with E-state index < -0.39 is 11.6 Å². The van der Waals surface area contributed by atoms with E-state index >= 15 is 0 Å². The molecule has 1 atom stereocenters. The van der Waals surface area contributed by atoms with Crippen LogP contribution in [0.4, 0.5) is 10.6 Å². The lowest BCUT2D eigenvalue weighted by Crippen LogP contribution is -2.58. The normalized spacial score (nSPS) is 26.5.